The van der Waals surface area contributed by atoms with Crippen LogP contribution in [0.1, 0.15) is 27.7 Å². The minimum Gasteiger partial charge on any atom is -0.357 e. The molecule has 0 heterocycles. The predicted octanol–water partition coefficient (Wildman–Crippen LogP) is 1.15. The summed E-state index contributed by atoms with van der Waals surface area (Å²) in [6.07, 6.45) is 0. The third-order valence-corrected chi connectivity index (χ3v) is 2.28. The molecule has 0 unspecified atom stereocenters. The van der Waals surface area contributed by atoms with Crippen LogP contribution in [0.3, 0.4) is 0 Å². The van der Waals surface area contributed by atoms with Gasteiger partial charge < -0.3 is 15.5 Å². The summed E-state index contributed by atoms with van der Waals surface area (Å²) in [5.74, 6) is 1.54. The van der Waals surface area contributed by atoms with Crippen LogP contribution in [0.5, 0.6) is 0 Å². The Balaban J connectivity index is 3.88. The summed E-state index contributed by atoms with van der Waals surface area (Å²) < 4.78 is 0. The molecule has 0 bridgehead atoms. The average molecular weight is 228 g/mol. The van der Waals surface area contributed by atoms with Crippen molar-refractivity contribution in [3.05, 3.63) is 0 Å². The maximum atomic E-state index is 4.51. The highest BCUT2D eigenvalue weighted by Gasteiger charge is 1.99. The van der Waals surface area contributed by atoms with Crippen molar-refractivity contribution in [1.29, 1.82) is 0 Å². The van der Waals surface area contributed by atoms with Crippen molar-refractivity contribution in [2.45, 2.75) is 27.7 Å². The van der Waals surface area contributed by atoms with Crippen molar-refractivity contribution in [3.8, 4) is 0 Å². The summed E-state index contributed by atoms with van der Waals surface area (Å²) in [7, 11) is 2.12. The third-order valence-electron chi connectivity index (χ3n) is 2.28. The molecule has 2 N–H and O–H groups in total. The summed E-state index contributed by atoms with van der Waals surface area (Å²) in [5.41, 5.74) is 0. The van der Waals surface area contributed by atoms with E-state index in [0.29, 0.717) is 5.92 Å². The molecule has 0 aliphatic heterocycles. The first-order valence-electron chi connectivity index (χ1n) is 6.30. The number of likely N-dealkylation sites (N-methyl/N-ethyl adjacent to an activating group) is 1. The normalized spacial score (nSPS) is 12.3. The molecule has 0 fully saturated rings. The minimum atomic E-state index is 0.605. The number of rotatable bonds is 7. The van der Waals surface area contributed by atoms with Gasteiger partial charge in [0, 0.05) is 26.2 Å². The first-order valence-corrected chi connectivity index (χ1v) is 6.30. The Morgan fingerprint density at radius 3 is 2.44 bits per heavy atom. The largest absolute Gasteiger partial charge is 0.357 e. The van der Waals surface area contributed by atoms with Crippen molar-refractivity contribution in [1.82, 2.24) is 15.5 Å². The molecular formula is C12H28N4. The van der Waals surface area contributed by atoms with Crippen LogP contribution in [0.15, 0.2) is 4.99 Å². The van der Waals surface area contributed by atoms with E-state index in [-0.39, 0.29) is 0 Å². The van der Waals surface area contributed by atoms with Crippen LogP contribution in [-0.4, -0.2) is 50.6 Å². The predicted molar refractivity (Wildman–Crippen MR) is 72.0 cm³/mol. The summed E-state index contributed by atoms with van der Waals surface area (Å²) in [6.45, 7) is 13.5. The second-order valence-corrected chi connectivity index (χ2v) is 4.44. The smallest absolute Gasteiger partial charge is 0.191 e. The zero-order valence-corrected chi connectivity index (χ0v) is 11.5. The topological polar surface area (TPSA) is 39.7 Å². The molecule has 96 valence electrons. The van der Waals surface area contributed by atoms with Gasteiger partial charge in [-0.3, -0.25) is 4.99 Å². The second-order valence-electron chi connectivity index (χ2n) is 4.44. The second kappa shape index (κ2) is 9.46. The van der Waals surface area contributed by atoms with Crippen molar-refractivity contribution in [2.24, 2.45) is 10.9 Å². The van der Waals surface area contributed by atoms with Gasteiger partial charge in [-0.15, -0.1) is 0 Å². The zero-order chi connectivity index (χ0) is 12.4. The Morgan fingerprint density at radius 1 is 1.25 bits per heavy atom. The van der Waals surface area contributed by atoms with Crippen molar-refractivity contribution >= 4 is 5.96 Å². The van der Waals surface area contributed by atoms with Crippen molar-refractivity contribution in [2.75, 3.05) is 39.8 Å². The third kappa shape index (κ3) is 8.53. The van der Waals surface area contributed by atoms with Gasteiger partial charge >= 0.3 is 0 Å². The van der Waals surface area contributed by atoms with Crippen LogP contribution in [0.25, 0.3) is 0 Å². The molecule has 4 nitrogen and oxygen atoms in total. The molecule has 0 saturated carbocycles. The van der Waals surface area contributed by atoms with Crippen molar-refractivity contribution in [3.63, 3.8) is 0 Å². The van der Waals surface area contributed by atoms with E-state index in [1.807, 2.05) is 0 Å². The molecular weight excluding hydrogens is 200 g/mol. The molecule has 0 saturated heterocycles. The van der Waals surface area contributed by atoms with Gasteiger partial charge in [-0.05, 0) is 26.4 Å². The summed E-state index contributed by atoms with van der Waals surface area (Å²) >= 11 is 0. The standard InChI is InChI=1S/C12H28N4/c1-6-13-12(15-10-11(3)4)14-8-9-16(5)7-2/h11H,6-10H2,1-5H3,(H2,13,14,15). The number of nitrogens with zero attached hydrogens (tertiary/aromatic N) is 2. The van der Waals surface area contributed by atoms with Gasteiger partial charge in [0.2, 0.25) is 0 Å². The Labute approximate surface area is 101 Å². The maximum Gasteiger partial charge on any atom is 0.191 e. The number of aliphatic imine (C=N–C) groups is 1. The van der Waals surface area contributed by atoms with E-state index in [0.717, 1.165) is 38.7 Å². The van der Waals surface area contributed by atoms with Crippen LogP contribution in [-0.2, 0) is 0 Å². The van der Waals surface area contributed by atoms with Crippen LogP contribution in [0.2, 0.25) is 0 Å². The highest BCUT2D eigenvalue weighted by atomic mass is 15.2. The lowest BCUT2D eigenvalue weighted by molar-refractivity contribution is 0.357. The Kier molecular flexibility index (Phi) is 9.00. The van der Waals surface area contributed by atoms with Crippen LogP contribution < -0.4 is 10.6 Å². The molecule has 16 heavy (non-hydrogen) atoms. The summed E-state index contributed by atoms with van der Waals surface area (Å²) in [6, 6.07) is 0. The molecule has 0 aliphatic carbocycles. The van der Waals surface area contributed by atoms with Gasteiger partial charge in [-0.2, -0.15) is 0 Å². The molecule has 0 aromatic carbocycles. The van der Waals surface area contributed by atoms with Gasteiger partial charge in [-0.25, -0.2) is 0 Å². The fraction of sp³-hybridized carbons (Fsp3) is 0.917. The Hall–Kier alpha value is -0.770. The molecule has 0 aliphatic rings. The quantitative estimate of drug-likeness (QED) is 0.507. The minimum absolute atomic E-state index is 0.605. The highest BCUT2D eigenvalue weighted by molar-refractivity contribution is 5.79. The molecule has 0 atom stereocenters. The van der Waals surface area contributed by atoms with E-state index in [4.69, 9.17) is 0 Å². The van der Waals surface area contributed by atoms with Gasteiger partial charge in [0.25, 0.3) is 0 Å². The summed E-state index contributed by atoms with van der Waals surface area (Å²) in [4.78, 5) is 6.79. The van der Waals surface area contributed by atoms with E-state index in [1.165, 1.54) is 0 Å². The first-order chi connectivity index (χ1) is 7.60. The summed E-state index contributed by atoms with van der Waals surface area (Å²) in [5, 5.41) is 6.59. The molecule has 0 rings (SSSR count). The number of guanidine groups is 1. The fourth-order valence-corrected chi connectivity index (χ4v) is 1.14. The fourth-order valence-electron chi connectivity index (χ4n) is 1.14. The van der Waals surface area contributed by atoms with E-state index < -0.39 is 0 Å². The molecule has 0 amide bonds. The van der Waals surface area contributed by atoms with E-state index in [1.54, 1.807) is 0 Å². The van der Waals surface area contributed by atoms with Crippen molar-refractivity contribution < 1.29 is 0 Å². The van der Waals surface area contributed by atoms with Gasteiger partial charge in [0.15, 0.2) is 5.96 Å². The lowest BCUT2D eigenvalue weighted by Gasteiger charge is -2.16. The van der Waals surface area contributed by atoms with Crippen LogP contribution >= 0.6 is 0 Å². The monoisotopic (exact) mass is 228 g/mol. The number of hydrogen-bond donors (Lipinski definition) is 2. The molecule has 0 aromatic heterocycles. The lowest BCUT2D eigenvalue weighted by Crippen LogP contribution is -2.41. The van der Waals surface area contributed by atoms with Gasteiger partial charge in [-0.1, -0.05) is 20.8 Å². The zero-order valence-electron chi connectivity index (χ0n) is 11.5. The van der Waals surface area contributed by atoms with Crippen LogP contribution in [0, 0.1) is 5.92 Å². The van der Waals surface area contributed by atoms with Crippen LogP contribution in [0.4, 0.5) is 0 Å². The Morgan fingerprint density at radius 2 is 1.94 bits per heavy atom. The highest BCUT2D eigenvalue weighted by Crippen LogP contribution is 1.91. The number of nitrogens with one attached hydrogen (secondary N) is 2. The molecule has 0 aromatic rings. The van der Waals surface area contributed by atoms with E-state index in [2.05, 4.69) is 55.3 Å². The number of hydrogen-bond acceptors (Lipinski definition) is 2. The molecule has 0 radical (unpaired) electrons. The SMILES string of the molecule is CCNC(=NCC(C)C)NCCN(C)CC. The molecule has 4 heteroatoms. The maximum absolute atomic E-state index is 4.51. The van der Waals surface area contributed by atoms with E-state index in [9.17, 15) is 0 Å². The van der Waals surface area contributed by atoms with Gasteiger partial charge in [0.1, 0.15) is 0 Å². The lowest BCUT2D eigenvalue weighted by atomic mass is 10.2. The first kappa shape index (κ1) is 15.2. The molecule has 0 spiro atoms. The van der Waals surface area contributed by atoms with E-state index >= 15 is 0 Å². The Bertz CT molecular complexity index is 189. The average Bonchev–Trinajstić information content (AvgIpc) is 2.25. The van der Waals surface area contributed by atoms with Gasteiger partial charge in [0.05, 0.1) is 0 Å².